The molecule has 0 aliphatic carbocycles. The first-order valence-electron chi connectivity index (χ1n) is 6.26. The zero-order valence-corrected chi connectivity index (χ0v) is 12.8. The third-order valence-electron chi connectivity index (χ3n) is 2.90. The van der Waals surface area contributed by atoms with Gasteiger partial charge in [-0.15, -0.1) is 24.5 Å². The van der Waals surface area contributed by atoms with Crippen LogP contribution in [0.3, 0.4) is 0 Å². The smallest absolute Gasteiger partial charge is 0.406 e. The number of carbonyl (C=O) groups excluding carboxylic acids is 1. The van der Waals surface area contributed by atoms with E-state index in [2.05, 4.69) is 9.72 Å². The van der Waals surface area contributed by atoms with Gasteiger partial charge in [-0.3, -0.25) is 4.79 Å². The molecule has 0 fully saturated rings. The normalized spacial score (nSPS) is 11.7. The monoisotopic (exact) mass is 357 g/mol. The average Bonchev–Trinajstić information content (AvgIpc) is 2.88. The van der Waals surface area contributed by atoms with Crippen LogP contribution >= 0.6 is 22.9 Å². The molecule has 0 radical (unpaired) electrons. The Morgan fingerprint density at radius 1 is 1.17 bits per heavy atom. The summed E-state index contributed by atoms with van der Waals surface area (Å²) in [5, 5.41) is 1.01. The summed E-state index contributed by atoms with van der Waals surface area (Å²) >= 11 is 7.17. The second-order valence-corrected chi connectivity index (χ2v) is 6.05. The lowest BCUT2D eigenvalue weighted by atomic mass is 10.1. The number of rotatable bonds is 3. The molecule has 0 saturated heterocycles. The van der Waals surface area contributed by atoms with E-state index in [9.17, 15) is 18.0 Å². The molecule has 0 N–H and O–H groups in total. The van der Waals surface area contributed by atoms with E-state index in [1.54, 1.807) is 18.2 Å². The Labute approximate surface area is 137 Å². The summed E-state index contributed by atoms with van der Waals surface area (Å²) in [6.07, 6.45) is -4.38. The summed E-state index contributed by atoms with van der Waals surface area (Å²) in [6.45, 7) is 0. The highest BCUT2D eigenvalue weighted by Crippen LogP contribution is 2.35. The summed E-state index contributed by atoms with van der Waals surface area (Å²) in [5.41, 5.74) is 1.11. The molecular formula is C15H7ClF3NO2S. The van der Waals surface area contributed by atoms with Crippen molar-refractivity contribution in [1.82, 2.24) is 4.98 Å². The maximum Gasteiger partial charge on any atom is 0.573 e. The predicted octanol–water partition coefficient (Wildman–Crippen LogP) is 5.33. The number of aromatic nitrogens is 1. The number of alkyl halides is 3. The van der Waals surface area contributed by atoms with Gasteiger partial charge in [0.05, 0.1) is 10.2 Å². The third kappa shape index (κ3) is 3.62. The topological polar surface area (TPSA) is 39.2 Å². The maximum absolute atomic E-state index is 12.4. The number of aldehydes is 1. The molecule has 23 heavy (non-hydrogen) atoms. The van der Waals surface area contributed by atoms with Crippen LogP contribution < -0.4 is 4.74 Å². The van der Waals surface area contributed by atoms with Gasteiger partial charge in [0.2, 0.25) is 0 Å². The van der Waals surface area contributed by atoms with E-state index in [1.807, 2.05) is 0 Å². The molecule has 0 aliphatic heterocycles. The molecule has 118 valence electrons. The molecule has 0 amide bonds. The van der Waals surface area contributed by atoms with Gasteiger partial charge in [-0.1, -0.05) is 11.6 Å². The van der Waals surface area contributed by atoms with Crippen molar-refractivity contribution in [2.24, 2.45) is 0 Å². The lowest BCUT2D eigenvalue weighted by molar-refractivity contribution is -0.274. The molecule has 3 nitrogen and oxygen atoms in total. The Kier molecular flexibility index (Phi) is 3.99. The van der Waals surface area contributed by atoms with Crippen molar-refractivity contribution in [2.45, 2.75) is 6.36 Å². The van der Waals surface area contributed by atoms with Gasteiger partial charge in [0.15, 0.2) is 0 Å². The zero-order valence-electron chi connectivity index (χ0n) is 11.2. The van der Waals surface area contributed by atoms with E-state index in [1.165, 1.54) is 23.5 Å². The molecule has 8 heteroatoms. The molecule has 0 atom stereocenters. The first-order valence-corrected chi connectivity index (χ1v) is 7.46. The molecule has 2 aromatic carbocycles. The van der Waals surface area contributed by atoms with Crippen molar-refractivity contribution >= 4 is 39.4 Å². The minimum absolute atomic E-state index is 0.0686. The Balaban J connectivity index is 2.09. The molecule has 3 aromatic rings. The van der Waals surface area contributed by atoms with E-state index < -0.39 is 12.1 Å². The highest BCUT2D eigenvalue weighted by molar-refractivity contribution is 7.21. The number of halogens is 4. The number of fused-ring (bicyclic) bond motifs is 1. The molecule has 0 saturated carbocycles. The van der Waals surface area contributed by atoms with E-state index in [4.69, 9.17) is 11.6 Å². The predicted molar refractivity (Wildman–Crippen MR) is 82.1 cm³/mol. The van der Waals surface area contributed by atoms with Crippen LogP contribution in [0.1, 0.15) is 10.4 Å². The van der Waals surface area contributed by atoms with Gasteiger partial charge in [-0.05, 0) is 36.4 Å². The van der Waals surface area contributed by atoms with Crippen molar-refractivity contribution in [3.05, 3.63) is 47.0 Å². The van der Waals surface area contributed by atoms with E-state index >= 15 is 0 Å². The maximum atomic E-state index is 12.4. The standard InChI is InChI=1S/C15H7ClF3NO2S/c16-10-1-2-12-13(6-10)23-14(20-12)9-3-8(7-21)4-11(5-9)22-15(17,18)19/h1-7H. The fourth-order valence-electron chi connectivity index (χ4n) is 2.03. The van der Waals surface area contributed by atoms with Crippen LogP contribution in [0.5, 0.6) is 5.75 Å². The second kappa shape index (κ2) is 5.82. The number of ether oxygens (including phenoxy) is 1. The zero-order chi connectivity index (χ0) is 16.6. The number of carbonyl (C=O) groups is 1. The summed E-state index contributed by atoms with van der Waals surface area (Å²) < 4.78 is 41.8. The van der Waals surface area contributed by atoms with Gasteiger partial charge < -0.3 is 4.74 Å². The Morgan fingerprint density at radius 3 is 2.65 bits per heavy atom. The van der Waals surface area contributed by atoms with Crippen LogP contribution in [0.25, 0.3) is 20.8 Å². The first kappa shape index (κ1) is 15.8. The second-order valence-electron chi connectivity index (χ2n) is 4.59. The molecule has 0 aliphatic rings. The summed E-state index contributed by atoms with van der Waals surface area (Å²) in [4.78, 5) is 15.3. The van der Waals surface area contributed by atoms with E-state index in [0.717, 1.165) is 10.8 Å². The van der Waals surface area contributed by atoms with Gasteiger partial charge in [0.25, 0.3) is 0 Å². The minimum Gasteiger partial charge on any atom is -0.406 e. The van der Waals surface area contributed by atoms with Gasteiger partial charge in [0.1, 0.15) is 17.0 Å². The quantitative estimate of drug-likeness (QED) is 0.595. The van der Waals surface area contributed by atoms with Crippen LogP contribution in [0.4, 0.5) is 13.2 Å². The number of thiazole rings is 1. The summed E-state index contributed by atoms with van der Waals surface area (Å²) in [7, 11) is 0. The summed E-state index contributed by atoms with van der Waals surface area (Å²) in [5.74, 6) is -0.464. The highest BCUT2D eigenvalue weighted by atomic mass is 35.5. The Hall–Kier alpha value is -2.12. The molecule has 0 bridgehead atoms. The lowest BCUT2D eigenvalue weighted by Gasteiger charge is -2.10. The van der Waals surface area contributed by atoms with Gasteiger partial charge in [0, 0.05) is 16.1 Å². The number of benzene rings is 2. The van der Waals surface area contributed by atoms with Crippen molar-refractivity contribution in [3.63, 3.8) is 0 Å². The van der Waals surface area contributed by atoms with Crippen molar-refractivity contribution in [2.75, 3.05) is 0 Å². The van der Waals surface area contributed by atoms with Crippen LogP contribution in [0, 0.1) is 0 Å². The van der Waals surface area contributed by atoms with Crippen LogP contribution in [-0.4, -0.2) is 17.6 Å². The fourth-order valence-corrected chi connectivity index (χ4v) is 3.26. The average molecular weight is 358 g/mol. The lowest BCUT2D eigenvalue weighted by Crippen LogP contribution is -2.17. The highest BCUT2D eigenvalue weighted by Gasteiger charge is 2.31. The molecule has 0 unspecified atom stereocenters. The van der Waals surface area contributed by atoms with E-state index in [0.29, 0.717) is 27.4 Å². The molecule has 1 heterocycles. The van der Waals surface area contributed by atoms with Gasteiger partial charge in [-0.2, -0.15) is 0 Å². The number of nitrogens with zero attached hydrogens (tertiary/aromatic N) is 1. The largest absolute Gasteiger partial charge is 0.573 e. The molecule has 3 rings (SSSR count). The molecule has 1 aromatic heterocycles. The Morgan fingerprint density at radius 2 is 1.96 bits per heavy atom. The van der Waals surface area contributed by atoms with Crippen molar-refractivity contribution < 1.29 is 22.7 Å². The summed E-state index contributed by atoms with van der Waals surface area (Å²) in [6, 6.07) is 8.78. The third-order valence-corrected chi connectivity index (χ3v) is 4.20. The van der Waals surface area contributed by atoms with Gasteiger partial charge >= 0.3 is 6.36 Å². The van der Waals surface area contributed by atoms with Crippen LogP contribution in [0.15, 0.2) is 36.4 Å². The Bertz CT molecular complexity index is 892. The molecule has 0 spiro atoms. The first-order chi connectivity index (χ1) is 10.8. The molecular weight excluding hydrogens is 351 g/mol. The minimum atomic E-state index is -4.83. The fraction of sp³-hybridized carbons (Fsp3) is 0.0667. The van der Waals surface area contributed by atoms with Crippen LogP contribution in [-0.2, 0) is 0 Å². The van der Waals surface area contributed by atoms with Crippen molar-refractivity contribution in [3.8, 4) is 16.3 Å². The SMILES string of the molecule is O=Cc1cc(OC(F)(F)F)cc(-c2nc3ccc(Cl)cc3s2)c1. The van der Waals surface area contributed by atoms with Crippen molar-refractivity contribution in [1.29, 1.82) is 0 Å². The number of hydrogen-bond acceptors (Lipinski definition) is 4. The van der Waals surface area contributed by atoms with E-state index in [-0.39, 0.29) is 5.56 Å². The van der Waals surface area contributed by atoms with Gasteiger partial charge in [-0.25, -0.2) is 4.98 Å². The van der Waals surface area contributed by atoms with Crippen LogP contribution in [0.2, 0.25) is 5.02 Å². The number of hydrogen-bond donors (Lipinski definition) is 0.